The van der Waals surface area contributed by atoms with E-state index in [0.29, 0.717) is 73.6 Å². The molecule has 0 amide bonds. The van der Waals surface area contributed by atoms with Gasteiger partial charge >= 0.3 is 0 Å². The summed E-state index contributed by atoms with van der Waals surface area (Å²) in [7, 11) is -3.35. The Morgan fingerprint density at radius 1 is 0.627 bits per heavy atom. The highest BCUT2D eigenvalue weighted by Crippen LogP contribution is 2.19. The maximum Gasteiger partial charge on any atom is 0.261 e. The zero-order chi connectivity index (χ0) is 43.3. The van der Waals surface area contributed by atoms with Crippen LogP contribution in [-0.2, 0) is 45.0 Å². The molecule has 0 aliphatic carbocycles. The molecule has 0 fully saturated rings. The Morgan fingerprint density at radius 3 is 1.41 bits per heavy atom. The average molecular weight is 913 g/mol. The number of rotatable bonds is 14. The minimum atomic E-state index is -4.14. The monoisotopic (exact) mass is 912 g/mol. The predicted octanol–water partition coefficient (Wildman–Crippen LogP) is 6.22. The van der Waals surface area contributed by atoms with Gasteiger partial charge in [-0.2, -0.15) is 0 Å². The third-order valence-electron chi connectivity index (χ3n) is 7.43. The number of thiazole rings is 2. The predicted molar refractivity (Wildman–Crippen MR) is 211 cm³/mol. The van der Waals surface area contributed by atoms with Crippen molar-refractivity contribution in [2.24, 2.45) is 5.73 Å². The molecule has 14 nitrogen and oxygen atoms in total. The number of nitrogens with one attached hydrogen (secondary N) is 1. The highest BCUT2D eigenvalue weighted by molar-refractivity contribution is 8.13. The van der Waals surface area contributed by atoms with Crippen LogP contribution in [0.5, 0.6) is 0 Å². The van der Waals surface area contributed by atoms with Gasteiger partial charge in [-0.05, 0) is 51.0 Å². The van der Waals surface area contributed by atoms with Crippen molar-refractivity contribution in [2.45, 2.75) is 62.4 Å². The number of hydrogen-bond acceptors (Lipinski definition) is 15. The van der Waals surface area contributed by atoms with E-state index >= 15 is 0 Å². The van der Waals surface area contributed by atoms with Crippen molar-refractivity contribution in [3.63, 3.8) is 0 Å². The molecule has 0 aliphatic heterocycles. The lowest BCUT2D eigenvalue weighted by molar-refractivity contribution is 0.0970. The maximum atomic E-state index is 13.2. The number of benzene rings is 2. The molecule has 23 heteroatoms. The highest BCUT2D eigenvalue weighted by Gasteiger charge is 2.18. The molecule has 0 bridgehead atoms. The molecule has 6 rings (SSSR count). The number of halogens is 5. The number of nitrogens with two attached hydrogens (primary N) is 1. The molecule has 0 radical (unpaired) electrons. The lowest BCUT2D eigenvalue weighted by Gasteiger charge is -2.07. The summed E-state index contributed by atoms with van der Waals surface area (Å²) >= 11 is 3.14. The van der Waals surface area contributed by atoms with Gasteiger partial charge in [0.15, 0.2) is 11.6 Å². The van der Waals surface area contributed by atoms with E-state index < -0.39 is 52.1 Å². The molecule has 0 aliphatic rings. The zero-order valence-corrected chi connectivity index (χ0v) is 34.9. The molecule has 0 spiro atoms. The molecule has 59 heavy (non-hydrogen) atoms. The van der Waals surface area contributed by atoms with Crippen LogP contribution in [0.2, 0.25) is 0 Å². The van der Waals surface area contributed by atoms with Crippen molar-refractivity contribution >= 4 is 64.0 Å². The number of carbonyl (C=O) groups excluding carboxylic acids is 2. The van der Waals surface area contributed by atoms with Gasteiger partial charge in [-0.25, -0.2) is 59.1 Å². The van der Waals surface area contributed by atoms with Gasteiger partial charge in [0.25, 0.3) is 9.05 Å². The Bertz CT molecular complexity index is 2580. The van der Waals surface area contributed by atoms with Gasteiger partial charge in [-0.1, -0.05) is 0 Å². The van der Waals surface area contributed by atoms with E-state index in [1.807, 2.05) is 20.0 Å². The van der Waals surface area contributed by atoms with Crippen molar-refractivity contribution in [3.05, 3.63) is 139 Å². The number of aromatic nitrogens is 6. The fraction of sp³-hybridized carbons (Fsp3) is 0.222. The molecule has 312 valence electrons. The standard InChI is InChI=1S/C18H16F2N4O3S2.C12H14N4OS.C6H3ClF2O2S/c1-11-21-9-15(28-11)2-3-18(25)17-10-22-14(7-23-17)8-24-29(26,27)16-5-12(19)4-13(20)6-16;1-8-14-6-10(18-8)2-3-12(17)11-7-15-9(4-13)5-16-11;7-12(10,11)6-2-4(8)1-5(9)3-6/h4-7,9-10,24H,2-3,8H2,1H3;5-7H,2-4,13H2,1H3;1-3H. The fourth-order valence-electron chi connectivity index (χ4n) is 4.57. The summed E-state index contributed by atoms with van der Waals surface area (Å²) in [6.45, 7) is 3.93. The number of nitrogens with zero attached hydrogens (tertiary/aromatic N) is 6. The molecule has 0 atom stereocenters. The Kier molecular flexibility index (Phi) is 16.9. The van der Waals surface area contributed by atoms with Crippen molar-refractivity contribution < 1.29 is 44.0 Å². The lowest BCUT2D eigenvalue weighted by atomic mass is 10.1. The first-order valence-electron chi connectivity index (χ1n) is 16.9. The molecule has 2 aromatic carbocycles. The van der Waals surface area contributed by atoms with Crippen molar-refractivity contribution in [1.29, 1.82) is 0 Å². The van der Waals surface area contributed by atoms with E-state index in [1.54, 1.807) is 23.7 Å². The van der Waals surface area contributed by atoms with Crippen LogP contribution in [0.15, 0.2) is 83.4 Å². The van der Waals surface area contributed by atoms with E-state index in [4.69, 9.17) is 16.4 Å². The molecule has 0 saturated heterocycles. The van der Waals surface area contributed by atoms with E-state index in [-0.39, 0.29) is 35.9 Å². The summed E-state index contributed by atoms with van der Waals surface area (Å²) in [5.41, 5.74) is 6.92. The highest BCUT2D eigenvalue weighted by atomic mass is 35.7. The van der Waals surface area contributed by atoms with Gasteiger partial charge in [-0.3, -0.25) is 19.6 Å². The second kappa shape index (κ2) is 21.3. The van der Waals surface area contributed by atoms with Crippen LogP contribution in [0, 0.1) is 37.1 Å². The van der Waals surface area contributed by atoms with E-state index in [1.165, 1.54) is 29.9 Å². The Hall–Kier alpha value is -4.97. The topological polar surface area (TPSA) is 218 Å². The van der Waals surface area contributed by atoms with E-state index in [2.05, 4.69) is 34.6 Å². The SMILES string of the molecule is Cc1ncc(CCC(=O)c2cnc(CN)cn2)s1.Cc1ncc(CCC(=O)c2cnc(CNS(=O)(=O)c3cc(F)cc(F)c3)cn2)s1.O=S(=O)(Cl)c1cc(F)cc(F)c1. The Balaban J connectivity index is 0.000000217. The first-order chi connectivity index (χ1) is 27.8. The summed E-state index contributed by atoms with van der Waals surface area (Å²) in [4.78, 5) is 49.5. The average Bonchev–Trinajstić information content (AvgIpc) is 3.81. The third kappa shape index (κ3) is 15.3. The number of ketones is 2. The number of carbonyl (C=O) groups is 2. The van der Waals surface area contributed by atoms with Gasteiger partial charge < -0.3 is 5.73 Å². The van der Waals surface area contributed by atoms with Crippen molar-refractivity contribution in [1.82, 2.24) is 34.6 Å². The Labute approximate surface area is 348 Å². The normalized spacial score (nSPS) is 11.3. The quantitative estimate of drug-likeness (QED) is 0.0706. The molecular formula is C36H33ClF4N8O6S4. The first kappa shape index (κ1) is 46.7. The molecular weight excluding hydrogens is 880 g/mol. The zero-order valence-electron chi connectivity index (χ0n) is 30.9. The molecule has 4 aromatic heterocycles. The second-order valence-corrected chi connectivity index (χ2v) is 19.0. The van der Waals surface area contributed by atoms with Gasteiger partial charge in [0.1, 0.15) is 34.7 Å². The van der Waals surface area contributed by atoms with Crippen LogP contribution in [0.25, 0.3) is 0 Å². The van der Waals surface area contributed by atoms with Gasteiger partial charge in [0.2, 0.25) is 10.0 Å². The fourth-order valence-corrected chi connectivity index (χ4v) is 7.97. The number of Topliss-reactive ketones (excluding diaryl/α,β-unsaturated/α-hetero) is 2. The molecule has 4 heterocycles. The van der Waals surface area contributed by atoms with Crippen LogP contribution in [-0.4, -0.2) is 58.3 Å². The smallest absolute Gasteiger partial charge is 0.261 e. The molecule has 6 aromatic rings. The van der Waals surface area contributed by atoms with Crippen LogP contribution >= 0.6 is 33.4 Å². The third-order valence-corrected chi connectivity index (χ3v) is 12.1. The van der Waals surface area contributed by atoms with Gasteiger partial charge in [-0.15, -0.1) is 22.7 Å². The summed E-state index contributed by atoms with van der Waals surface area (Å²) in [5.74, 6) is -4.14. The van der Waals surface area contributed by atoms with Crippen LogP contribution in [0.4, 0.5) is 17.6 Å². The lowest BCUT2D eigenvalue weighted by Crippen LogP contribution is -2.24. The number of sulfonamides is 1. The summed E-state index contributed by atoms with van der Waals surface area (Å²) < 4.78 is 98.9. The van der Waals surface area contributed by atoms with Crippen LogP contribution in [0.3, 0.4) is 0 Å². The van der Waals surface area contributed by atoms with Crippen LogP contribution < -0.4 is 10.5 Å². The maximum absolute atomic E-state index is 13.2. The van der Waals surface area contributed by atoms with Crippen molar-refractivity contribution in [3.8, 4) is 0 Å². The largest absolute Gasteiger partial charge is 0.325 e. The van der Waals surface area contributed by atoms with Gasteiger partial charge in [0, 0.05) is 64.3 Å². The summed E-state index contributed by atoms with van der Waals surface area (Å²) in [6.07, 6.45) is 11.1. The van der Waals surface area contributed by atoms with E-state index in [0.717, 1.165) is 19.8 Å². The summed E-state index contributed by atoms with van der Waals surface area (Å²) in [6, 6.07) is 3.85. The minimum Gasteiger partial charge on any atom is -0.325 e. The van der Waals surface area contributed by atoms with Crippen LogP contribution in [0.1, 0.15) is 65.0 Å². The van der Waals surface area contributed by atoms with Gasteiger partial charge in [0.05, 0.1) is 62.5 Å². The molecule has 3 N–H and O–H groups in total. The molecule has 0 saturated carbocycles. The molecule has 0 unspecified atom stereocenters. The summed E-state index contributed by atoms with van der Waals surface area (Å²) in [5, 5.41) is 1.95. The first-order valence-corrected chi connectivity index (χ1v) is 22.3. The second-order valence-electron chi connectivity index (χ2n) is 12.0. The minimum absolute atomic E-state index is 0.00266. The number of hydrogen-bond donors (Lipinski definition) is 2. The number of aryl methyl sites for hydroxylation is 4. The Morgan fingerprint density at radius 2 is 1.05 bits per heavy atom. The van der Waals surface area contributed by atoms with E-state index in [9.17, 15) is 44.0 Å². The van der Waals surface area contributed by atoms with Crippen molar-refractivity contribution in [2.75, 3.05) is 0 Å².